The molecule has 2 atom stereocenters. The van der Waals surface area contributed by atoms with Crippen molar-refractivity contribution in [3.05, 3.63) is 69.7 Å². The van der Waals surface area contributed by atoms with Crippen molar-refractivity contribution in [2.24, 2.45) is 0 Å². The van der Waals surface area contributed by atoms with Crippen LogP contribution in [0.3, 0.4) is 0 Å². The van der Waals surface area contributed by atoms with Crippen LogP contribution in [-0.4, -0.2) is 28.0 Å². The fourth-order valence-corrected chi connectivity index (χ4v) is 2.80. The quantitative estimate of drug-likeness (QED) is 0.332. The molecule has 160 valence electrons. The molecule has 29 heavy (non-hydrogen) atoms. The number of hydrogen-bond donors (Lipinski definition) is 1. The van der Waals surface area contributed by atoms with Crippen molar-refractivity contribution in [1.29, 1.82) is 0 Å². The maximum atomic E-state index is 12.5. The van der Waals surface area contributed by atoms with E-state index in [2.05, 4.69) is 21.2 Å². The van der Waals surface area contributed by atoms with Gasteiger partial charge in [0.2, 0.25) is 0 Å². The summed E-state index contributed by atoms with van der Waals surface area (Å²) in [6, 6.07) is 11.3. The Morgan fingerprint density at radius 3 is 1.79 bits per heavy atom. The molecule has 0 heterocycles. The highest BCUT2D eigenvalue weighted by Crippen LogP contribution is 2.15. The van der Waals surface area contributed by atoms with Crippen LogP contribution in [0.2, 0.25) is 10.0 Å². The number of carbonyl (C=O) groups excluding carboxylic acids is 2. The Morgan fingerprint density at radius 2 is 1.41 bits per heavy atom. The lowest BCUT2D eigenvalue weighted by Crippen LogP contribution is -2.46. The molecule has 2 unspecified atom stereocenters. The van der Waals surface area contributed by atoms with Crippen LogP contribution in [-0.2, 0) is 0 Å². The maximum absolute atomic E-state index is 12.5. The first-order valence-electron chi connectivity index (χ1n) is 12.7. The van der Waals surface area contributed by atoms with Crippen molar-refractivity contribution in [3.8, 4) is 0 Å². The maximum Gasteiger partial charge on any atom is 0.179 e. The summed E-state index contributed by atoms with van der Waals surface area (Å²) < 4.78 is 67.9. The highest BCUT2D eigenvalue weighted by molar-refractivity contribution is 9.10. The van der Waals surface area contributed by atoms with Gasteiger partial charge in [-0.15, -0.1) is 12.4 Å². The molecule has 0 radical (unpaired) electrons. The largest absolute Gasteiger partial charge is 0.303 e. The van der Waals surface area contributed by atoms with Gasteiger partial charge in [-0.2, -0.15) is 0 Å². The summed E-state index contributed by atoms with van der Waals surface area (Å²) in [5.74, 6) is -0.623. The number of ketones is 2. The highest BCUT2D eigenvalue weighted by atomic mass is 79.9. The fraction of sp³-hybridized carbons (Fsp3) is 0.364. The molecule has 2 aromatic rings. The monoisotopic (exact) mass is 530 g/mol. The highest BCUT2D eigenvalue weighted by Gasteiger charge is 2.20. The van der Waals surface area contributed by atoms with Crippen LogP contribution in [0.4, 0.5) is 0 Å². The van der Waals surface area contributed by atoms with Crippen LogP contribution in [0.25, 0.3) is 0 Å². The number of benzene rings is 2. The van der Waals surface area contributed by atoms with Gasteiger partial charge >= 0.3 is 0 Å². The molecule has 0 saturated carbocycles. The summed E-state index contributed by atoms with van der Waals surface area (Å²) in [6.45, 7) is -7.27. The van der Waals surface area contributed by atoms with Gasteiger partial charge in [0, 0.05) is 39.0 Å². The Kier molecular flexibility index (Phi) is 6.94. The van der Waals surface area contributed by atoms with Crippen LogP contribution >= 0.6 is 51.5 Å². The molecule has 0 saturated heterocycles. The predicted octanol–water partition coefficient (Wildman–Crippen LogP) is 7.03. The second-order valence-electron chi connectivity index (χ2n) is 5.98. The summed E-state index contributed by atoms with van der Waals surface area (Å²) in [5.41, 5.74) is -2.52. The van der Waals surface area contributed by atoms with E-state index in [0.717, 1.165) is 0 Å². The first-order valence-corrected chi connectivity index (χ1v) is 9.84. The molecular weight excluding hydrogens is 497 g/mol. The van der Waals surface area contributed by atoms with Crippen LogP contribution in [0, 0.1) is 0 Å². The van der Waals surface area contributed by atoms with Crippen LogP contribution in [0.15, 0.2) is 48.5 Å². The summed E-state index contributed by atoms with van der Waals surface area (Å²) in [4.78, 5) is 23.7. The third-order valence-electron chi connectivity index (χ3n) is 3.41. The van der Waals surface area contributed by atoms with Crippen molar-refractivity contribution < 1.29 is 21.9 Å². The molecule has 1 N–H and O–H groups in total. The van der Waals surface area contributed by atoms with Gasteiger partial charge in [-0.1, -0.05) is 63.4 Å². The molecular formula is C22H27BrCl3NO2. The molecule has 0 amide bonds. The zero-order valence-electron chi connectivity index (χ0n) is 24.6. The van der Waals surface area contributed by atoms with Gasteiger partial charge in [-0.05, 0) is 58.7 Å². The number of carbonyl (C=O) groups is 2. The first kappa shape index (κ1) is 15.8. The van der Waals surface area contributed by atoms with E-state index in [0.29, 0.717) is 10.6 Å². The molecule has 0 spiro atoms. The Hall–Kier alpha value is -0.910. The minimum atomic E-state index is -3.42. The Labute approximate surface area is 210 Å². The summed E-state index contributed by atoms with van der Waals surface area (Å²) in [7, 11) is 0. The molecule has 0 aliphatic heterocycles. The number of nitrogens with one attached hydrogen (secondary N) is 1. The minimum absolute atomic E-state index is 0. The third kappa shape index (κ3) is 10.6. The smallest absolute Gasteiger partial charge is 0.179 e. The molecule has 3 nitrogen and oxygen atoms in total. The molecule has 7 heteroatoms. The van der Waals surface area contributed by atoms with E-state index in [1.807, 2.05) is 0 Å². The van der Waals surface area contributed by atoms with E-state index in [1.165, 1.54) is 31.2 Å². The number of hydrogen-bond acceptors (Lipinski definition) is 3. The molecule has 0 aliphatic rings. The second kappa shape index (κ2) is 12.7. The van der Waals surface area contributed by atoms with Gasteiger partial charge in [-0.25, -0.2) is 0 Å². The molecule has 0 fully saturated rings. The average molecular weight is 533 g/mol. The van der Waals surface area contributed by atoms with E-state index in [-0.39, 0.29) is 33.6 Å². The third-order valence-corrected chi connectivity index (χ3v) is 4.29. The van der Waals surface area contributed by atoms with Crippen molar-refractivity contribution >= 4 is 63.1 Å². The van der Waals surface area contributed by atoms with E-state index in [9.17, 15) is 9.59 Å². The minimum Gasteiger partial charge on any atom is -0.303 e. The standard InChI is InChI=1S/C13H18ClNO.C9H8BrClO.ClH/c1-9(15-13(2,3)4)12(16)10-6-5-7-11(14)8-10;1-6(10)9(12)7-3-2-4-8(11)5-7;/h5-9,15H,1-4H3;2-6H,1H3;1H/i2D3,3D3,4D3;;. The molecule has 0 aliphatic carbocycles. The topological polar surface area (TPSA) is 46.2 Å². The normalized spacial score (nSPS) is 18.6. The van der Waals surface area contributed by atoms with E-state index in [1.54, 1.807) is 31.2 Å². The Morgan fingerprint density at radius 1 is 0.966 bits per heavy atom. The Bertz CT molecular complexity index is 1070. The predicted molar refractivity (Wildman–Crippen MR) is 130 cm³/mol. The number of rotatable bonds is 5. The van der Waals surface area contributed by atoms with Crippen molar-refractivity contribution in [3.63, 3.8) is 0 Å². The molecule has 0 bridgehead atoms. The molecule has 2 aromatic carbocycles. The molecule has 0 aromatic heterocycles. The van der Waals surface area contributed by atoms with Crippen molar-refractivity contribution in [1.82, 2.24) is 5.32 Å². The summed E-state index contributed by atoms with van der Waals surface area (Å²) in [5, 5.41) is 2.94. The summed E-state index contributed by atoms with van der Waals surface area (Å²) in [6.07, 6.45) is 0. The van der Waals surface area contributed by atoms with Gasteiger partial charge in [-0.3, -0.25) is 9.59 Å². The average Bonchev–Trinajstić information content (AvgIpc) is 2.74. The second-order valence-corrected chi connectivity index (χ2v) is 8.23. The van der Waals surface area contributed by atoms with Gasteiger partial charge in [0.05, 0.1) is 10.9 Å². The van der Waals surface area contributed by atoms with Crippen molar-refractivity contribution in [2.45, 2.75) is 50.8 Å². The van der Waals surface area contributed by atoms with Gasteiger partial charge in [0.15, 0.2) is 11.6 Å². The Balaban J connectivity index is 0.000000882. The lowest BCUT2D eigenvalue weighted by Gasteiger charge is -2.25. The van der Waals surface area contributed by atoms with Gasteiger partial charge in [0.1, 0.15) is 0 Å². The van der Waals surface area contributed by atoms with Crippen molar-refractivity contribution in [2.75, 3.05) is 0 Å². The fourth-order valence-electron chi connectivity index (χ4n) is 2.15. The zero-order chi connectivity index (χ0) is 29.0. The number of halogens is 4. The number of Topliss-reactive ketones (excluding diaryl/α,β-unsaturated/α-hetero) is 2. The van der Waals surface area contributed by atoms with Crippen LogP contribution in [0.1, 0.15) is 67.5 Å². The lowest BCUT2D eigenvalue weighted by molar-refractivity contribution is 0.0935. The van der Waals surface area contributed by atoms with Gasteiger partial charge < -0.3 is 5.32 Å². The zero-order valence-corrected chi connectivity index (χ0v) is 19.5. The SMILES string of the molecule is CC(Br)C(=O)c1cccc(Cl)c1.Cl.[2H]C([2H])([2H])C(NC(C)C(=O)c1cccc(Cl)c1)(C([2H])([2H])[2H])C([2H])([2H])[2H]. The van der Waals surface area contributed by atoms with E-state index >= 15 is 0 Å². The molecule has 2 rings (SSSR count). The van der Waals surface area contributed by atoms with E-state index < -0.39 is 37.9 Å². The van der Waals surface area contributed by atoms with Crippen LogP contribution < -0.4 is 5.32 Å². The first-order chi connectivity index (χ1) is 16.7. The summed E-state index contributed by atoms with van der Waals surface area (Å²) >= 11 is 14.7. The number of alkyl halides is 1. The van der Waals surface area contributed by atoms with Gasteiger partial charge in [0.25, 0.3) is 0 Å². The lowest BCUT2D eigenvalue weighted by atomic mass is 10.0. The van der Waals surface area contributed by atoms with Crippen LogP contribution in [0.5, 0.6) is 0 Å². The van der Waals surface area contributed by atoms with E-state index in [4.69, 9.17) is 35.5 Å².